The number of hydrogen-bond acceptors (Lipinski definition) is 2. The first-order valence-electron chi connectivity index (χ1n) is 10.1. The van der Waals surface area contributed by atoms with Gasteiger partial charge in [0.15, 0.2) is 6.29 Å². The van der Waals surface area contributed by atoms with Crippen LogP contribution in [0.15, 0.2) is 0 Å². The van der Waals surface area contributed by atoms with Gasteiger partial charge < -0.3 is 9.47 Å². The molecule has 0 aromatic carbocycles. The largest absolute Gasteiger partial charge is 0.353 e. The summed E-state index contributed by atoms with van der Waals surface area (Å²) in [4.78, 5) is 0. The number of hydrogen-bond donors (Lipinski definition) is 0. The van der Waals surface area contributed by atoms with E-state index < -0.39 is 0 Å². The van der Waals surface area contributed by atoms with Gasteiger partial charge in [-0.2, -0.15) is 0 Å². The zero-order chi connectivity index (χ0) is 16.4. The average molecular weight is 323 g/mol. The van der Waals surface area contributed by atoms with E-state index in [4.69, 9.17) is 9.47 Å². The van der Waals surface area contributed by atoms with Gasteiger partial charge in [-0.05, 0) is 38.5 Å². The highest BCUT2D eigenvalue weighted by atomic mass is 16.7. The Labute approximate surface area is 144 Å². The Morgan fingerprint density at radius 3 is 2.13 bits per heavy atom. The summed E-state index contributed by atoms with van der Waals surface area (Å²) in [7, 11) is 0. The fourth-order valence-corrected chi connectivity index (χ4v) is 2.90. The molecule has 0 saturated carbocycles. The fourth-order valence-electron chi connectivity index (χ4n) is 2.90. The zero-order valence-electron chi connectivity index (χ0n) is 15.4. The molecule has 1 atom stereocenters. The van der Waals surface area contributed by atoms with Crippen LogP contribution in [0.4, 0.5) is 0 Å². The van der Waals surface area contributed by atoms with Crippen LogP contribution in [0.3, 0.4) is 0 Å². The summed E-state index contributed by atoms with van der Waals surface area (Å²) in [5.41, 5.74) is 0. The monoisotopic (exact) mass is 322 g/mol. The molecule has 2 nitrogen and oxygen atoms in total. The second kappa shape index (κ2) is 16.3. The molecule has 1 heterocycles. The predicted molar refractivity (Wildman–Crippen MR) is 98.4 cm³/mol. The Morgan fingerprint density at radius 2 is 1.48 bits per heavy atom. The van der Waals surface area contributed by atoms with Crippen LogP contribution in [0.25, 0.3) is 0 Å². The van der Waals surface area contributed by atoms with Crippen LogP contribution in [-0.4, -0.2) is 19.5 Å². The molecule has 0 bridgehead atoms. The first-order valence-corrected chi connectivity index (χ1v) is 10.1. The smallest absolute Gasteiger partial charge is 0.157 e. The van der Waals surface area contributed by atoms with Gasteiger partial charge in [-0.25, -0.2) is 0 Å². The van der Waals surface area contributed by atoms with Crippen LogP contribution < -0.4 is 0 Å². The van der Waals surface area contributed by atoms with Crippen LogP contribution in [-0.2, 0) is 9.47 Å². The summed E-state index contributed by atoms with van der Waals surface area (Å²) in [6.07, 6.45) is 18.9. The van der Waals surface area contributed by atoms with Gasteiger partial charge in [0.05, 0.1) is 0 Å². The number of rotatable bonds is 13. The lowest BCUT2D eigenvalue weighted by molar-refractivity contribution is -0.162. The molecular weight excluding hydrogens is 284 g/mol. The van der Waals surface area contributed by atoms with E-state index in [0.717, 1.165) is 38.9 Å². The lowest BCUT2D eigenvalue weighted by Gasteiger charge is -2.22. The Morgan fingerprint density at radius 1 is 0.826 bits per heavy atom. The van der Waals surface area contributed by atoms with Crippen molar-refractivity contribution >= 4 is 0 Å². The van der Waals surface area contributed by atoms with Crippen molar-refractivity contribution in [2.45, 2.75) is 110 Å². The van der Waals surface area contributed by atoms with E-state index in [0.29, 0.717) is 0 Å². The van der Waals surface area contributed by atoms with Crippen molar-refractivity contribution in [2.24, 2.45) is 0 Å². The number of unbranched alkanes of at least 4 members (excludes halogenated alkanes) is 10. The molecule has 2 heteroatoms. The summed E-state index contributed by atoms with van der Waals surface area (Å²) in [5, 5.41) is 0. The van der Waals surface area contributed by atoms with E-state index >= 15 is 0 Å². The second-order valence-electron chi connectivity index (χ2n) is 6.70. The lowest BCUT2D eigenvalue weighted by atomic mass is 10.1. The molecular formula is C21H38O2. The maximum atomic E-state index is 5.74. The molecule has 0 radical (unpaired) electrons. The molecule has 23 heavy (non-hydrogen) atoms. The Hall–Kier alpha value is -0.520. The summed E-state index contributed by atoms with van der Waals surface area (Å²) < 4.78 is 11.3. The number of ether oxygens (including phenoxy) is 2. The van der Waals surface area contributed by atoms with E-state index in [1.54, 1.807) is 0 Å². The van der Waals surface area contributed by atoms with Crippen molar-refractivity contribution < 1.29 is 9.47 Å². The third kappa shape index (κ3) is 13.6. The molecule has 1 aliphatic rings. The Balaban J connectivity index is 1.75. The van der Waals surface area contributed by atoms with Crippen molar-refractivity contribution in [3.8, 4) is 11.8 Å². The van der Waals surface area contributed by atoms with Crippen LogP contribution in [0.5, 0.6) is 0 Å². The summed E-state index contributed by atoms with van der Waals surface area (Å²) in [6.45, 7) is 4.00. The minimum absolute atomic E-state index is 0.0802. The van der Waals surface area contributed by atoms with E-state index in [-0.39, 0.29) is 6.29 Å². The van der Waals surface area contributed by atoms with Gasteiger partial charge in [-0.15, -0.1) is 11.8 Å². The summed E-state index contributed by atoms with van der Waals surface area (Å²) in [5.74, 6) is 6.66. The van der Waals surface area contributed by atoms with Crippen molar-refractivity contribution in [2.75, 3.05) is 13.2 Å². The van der Waals surface area contributed by atoms with Gasteiger partial charge in [0.25, 0.3) is 0 Å². The first-order chi connectivity index (χ1) is 11.4. The van der Waals surface area contributed by atoms with Gasteiger partial charge in [0, 0.05) is 26.1 Å². The minimum atomic E-state index is 0.0802. The topological polar surface area (TPSA) is 18.5 Å². The van der Waals surface area contributed by atoms with Gasteiger partial charge in [-0.1, -0.05) is 51.9 Å². The molecule has 1 saturated heterocycles. The van der Waals surface area contributed by atoms with Crippen LogP contribution >= 0.6 is 0 Å². The molecule has 0 spiro atoms. The quantitative estimate of drug-likeness (QED) is 0.295. The molecule has 1 rings (SSSR count). The maximum absolute atomic E-state index is 5.74. The summed E-state index contributed by atoms with van der Waals surface area (Å²) >= 11 is 0. The minimum Gasteiger partial charge on any atom is -0.353 e. The molecule has 0 aliphatic carbocycles. The maximum Gasteiger partial charge on any atom is 0.157 e. The summed E-state index contributed by atoms with van der Waals surface area (Å²) in [6, 6.07) is 0. The van der Waals surface area contributed by atoms with Crippen molar-refractivity contribution in [3.63, 3.8) is 0 Å². The normalized spacial score (nSPS) is 17.7. The molecule has 0 aromatic heterocycles. The van der Waals surface area contributed by atoms with E-state index in [1.807, 2.05) is 0 Å². The zero-order valence-corrected chi connectivity index (χ0v) is 15.4. The van der Waals surface area contributed by atoms with Crippen molar-refractivity contribution in [1.29, 1.82) is 0 Å². The highest BCUT2D eigenvalue weighted by Crippen LogP contribution is 2.14. The molecule has 1 aliphatic heterocycles. The van der Waals surface area contributed by atoms with Crippen LogP contribution in [0.1, 0.15) is 103 Å². The van der Waals surface area contributed by atoms with E-state index in [1.165, 1.54) is 70.6 Å². The van der Waals surface area contributed by atoms with Crippen LogP contribution in [0.2, 0.25) is 0 Å². The lowest BCUT2D eigenvalue weighted by Crippen LogP contribution is -2.22. The van der Waals surface area contributed by atoms with Crippen molar-refractivity contribution in [1.82, 2.24) is 0 Å². The Bertz CT molecular complexity index is 297. The van der Waals surface area contributed by atoms with Gasteiger partial charge in [0.1, 0.15) is 0 Å². The molecule has 0 aromatic rings. The van der Waals surface area contributed by atoms with E-state index in [2.05, 4.69) is 18.8 Å². The molecule has 1 fully saturated rings. The highest BCUT2D eigenvalue weighted by Gasteiger charge is 2.13. The van der Waals surface area contributed by atoms with Crippen LogP contribution in [0, 0.1) is 11.8 Å². The van der Waals surface area contributed by atoms with E-state index in [9.17, 15) is 0 Å². The predicted octanol–water partition coefficient (Wildman–Crippen LogP) is 6.23. The molecule has 1 unspecified atom stereocenters. The fraction of sp³-hybridized carbons (Fsp3) is 0.905. The van der Waals surface area contributed by atoms with Gasteiger partial charge in [-0.3, -0.25) is 0 Å². The third-order valence-electron chi connectivity index (χ3n) is 4.42. The SMILES string of the molecule is CCCCCCCCC#CCCCCCCOC1CCCCO1. The highest BCUT2D eigenvalue weighted by molar-refractivity contribution is 4.98. The third-order valence-corrected chi connectivity index (χ3v) is 4.42. The molecule has 134 valence electrons. The molecule has 0 amide bonds. The second-order valence-corrected chi connectivity index (χ2v) is 6.70. The molecule has 0 N–H and O–H groups in total. The average Bonchev–Trinajstić information content (AvgIpc) is 2.59. The van der Waals surface area contributed by atoms with Crippen molar-refractivity contribution in [3.05, 3.63) is 0 Å². The van der Waals surface area contributed by atoms with Gasteiger partial charge >= 0.3 is 0 Å². The van der Waals surface area contributed by atoms with Gasteiger partial charge in [0.2, 0.25) is 0 Å². The standard InChI is InChI=1S/C21H38O2/c1-2-3-4-5-6-7-8-9-10-11-12-13-14-16-19-22-21-18-15-17-20-23-21/h21H,2-8,11-20H2,1H3. The Kier molecular flexibility index (Phi) is 14.6. The first kappa shape index (κ1) is 20.5.